The van der Waals surface area contributed by atoms with Crippen LogP contribution in [0.25, 0.3) is 0 Å². The fraction of sp³-hybridized carbons (Fsp3) is 0.357. The van der Waals surface area contributed by atoms with Crippen molar-refractivity contribution in [1.29, 1.82) is 5.41 Å². The lowest BCUT2D eigenvalue weighted by atomic mass is 10.0. The van der Waals surface area contributed by atoms with Crippen molar-refractivity contribution in [3.05, 3.63) is 42.5 Å². The number of benzene rings is 1. The van der Waals surface area contributed by atoms with Crippen LogP contribution in [0.3, 0.4) is 0 Å². The van der Waals surface area contributed by atoms with E-state index in [1.807, 2.05) is 6.07 Å². The van der Waals surface area contributed by atoms with Gasteiger partial charge in [-0.3, -0.25) is 0 Å². The lowest BCUT2D eigenvalue weighted by Gasteiger charge is -2.29. The Hall–Kier alpha value is -1.65. The van der Waals surface area contributed by atoms with Crippen LogP contribution in [0.15, 0.2) is 42.5 Å². The standard InChI is InChI=1S/C14H19NO3/c1-10(11(2)15)9-13(14(3,16)17)18-12-7-5-4-6-8-12/h4-8,13,15-17H,1,9H2,2-3H3/t13-/m1/s1. The number of rotatable bonds is 6. The Kier molecular flexibility index (Phi) is 4.64. The molecule has 4 heteroatoms. The zero-order valence-electron chi connectivity index (χ0n) is 10.7. The fourth-order valence-corrected chi connectivity index (χ4v) is 1.39. The van der Waals surface area contributed by atoms with E-state index in [4.69, 9.17) is 10.1 Å². The van der Waals surface area contributed by atoms with Crippen molar-refractivity contribution >= 4 is 5.71 Å². The van der Waals surface area contributed by atoms with E-state index in [2.05, 4.69) is 6.58 Å². The summed E-state index contributed by atoms with van der Waals surface area (Å²) in [5.74, 6) is -1.44. The van der Waals surface area contributed by atoms with Crippen LogP contribution in [-0.2, 0) is 0 Å². The van der Waals surface area contributed by atoms with Crippen LogP contribution >= 0.6 is 0 Å². The third kappa shape index (κ3) is 4.31. The maximum atomic E-state index is 9.69. The summed E-state index contributed by atoms with van der Waals surface area (Å²) in [7, 11) is 0. The van der Waals surface area contributed by atoms with Crippen LogP contribution < -0.4 is 4.74 Å². The molecule has 1 aromatic rings. The molecule has 0 unspecified atom stereocenters. The molecule has 0 heterocycles. The van der Waals surface area contributed by atoms with E-state index in [1.165, 1.54) is 6.92 Å². The molecule has 3 N–H and O–H groups in total. The molecule has 1 rings (SSSR count). The normalized spacial score (nSPS) is 12.9. The van der Waals surface area contributed by atoms with Gasteiger partial charge in [-0.05, 0) is 31.6 Å². The van der Waals surface area contributed by atoms with Gasteiger partial charge in [0.25, 0.3) is 0 Å². The van der Waals surface area contributed by atoms with Gasteiger partial charge < -0.3 is 20.4 Å². The smallest absolute Gasteiger partial charge is 0.198 e. The number of ether oxygens (including phenoxy) is 1. The molecule has 98 valence electrons. The predicted octanol–water partition coefficient (Wildman–Crippen LogP) is 2.12. The van der Waals surface area contributed by atoms with Gasteiger partial charge in [0.15, 0.2) is 11.9 Å². The highest BCUT2D eigenvalue weighted by Crippen LogP contribution is 2.21. The van der Waals surface area contributed by atoms with Crippen molar-refractivity contribution in [3.63, 3.8) is 0 Å². The zero-order chi connectivity index (χ0) is 13.8. The summed E-state index contributed by atoms with van der Waals surface area (Å²) in [6.07, 6.45) is -0.680. The van der Waals surface area contributed by atoms with Crippen molar-refractivity contribution in [3.8, 4) is 5.75 Å². The van der Waals surface area contributed by atoms with E-state index < -0.39 is 11.9 Å². The highest BCUT2D eigenvalue weighted by atomic mass is 16.6. The quantitative estimate of drug-likeness (QED) is 0.534. The van der Waals surface area contributed by atoms with E-state index in [-0.39, 0.29) is 6.42 Å². The SMILES string of the molecule is C=C(C[C@@H](Oc1ccccc1)C(C)(O)O)C(C)=N. The highest BCUT2D eigenvalue weighted by molar-refractivity contribution is 5.95. The van der Waals surface area contributed by atoms with Gasteiger partial charge in [-0.25, -0.2) is 0 Å². The van der Waals surface area contributed by atoms with Gasteiger partial charge in [-0.15, -0.1) is 0 Å². The molecule has 1 aromatic carbocycles. The lowest BCUT2D eigenvalue weighted by Crippen LogP contribution is -2.43. The zero-order valence-corrected chi connectivity index (χ0v) is 10.7. The molecule has 0 aliphatic heterocycles. The molecular formula is C14H19NO3. The minimum Gasteiger partial charge on any atom is -0.484 e. The summed E-state index contributed by atoms with van der Waals surface area (Å²) in [6, 6.07) is 8.92. The summed E-state index contributed by atoms with van der Waals surface area (Å²) >= 11 is 0. The topological polar surface area (TPSA) is 73.5 Å². The van der Waals surface area contributed by atoms with Gasteiger partial charge in [-0.2, -0.15) is 0 Å². The molecule has 0 aliphatic carbocycles. The Morgan fingerprint density at radius 1 is 1.39 bits per heavy atom. The molecule has 0 spiro atoms. The van der Waals surface area contributed by atoms with Gasteiger partial charge in [-0.1, -0.05) is 24.8 Å². The monoisotopic (exact) mass is 249 g/mol. The first-order valence-electron chi connectivity index (χ1n) is 5.70. The number of nitrogens with one attached hydrogen (secondary N) is 1. The molecule has 0 saturated carbocycles. The minimum absolute atomic E-state index is 0.188. The Bertz CT molecular complexity index is 420. The summed E-state index contributed by atoms with van der Waals surface area (Å²) in [4.78, 5) is 0. The van der Waals surface area contributed by atoms with E-state index in [0.29, 0.717) is 17.0 Å². The third-order valence-electron chi connectivity index (χ3n) is 2.59. The maximum Gasteiger partial charge on any atom is 0.198 e. The van der Waals surface area contributed by atoms with E-state index in [1.54, 1.807) is 31.2 Å². The number of hydrogen-bond donors (Lipinski definition) is 3. The lowest BCUT2D eigenvalue weighted by molar-refractivity contribution is -0.202. The molecule has 1 atom stereocenters. The van der Waals surface area contributed by atoms with E-state index >= 15 is 0 Å². The Balaban J connectivity index is 2.80. The van der Waals surface area contributed by atoms with Crippen LogP contribution in [0, 0.1) is 5.41 Å². The second-order valence-electron chi connectivity index (χ2n) is 4.45. The van der Waals surface area contributed by atoms with Gasteiger partial charge in [0.05, 0.1) is 0 Å². The molecule has 0 radical (unpaired) electrons. The minimum atomic E-state index is -1.99. The van der Waals surface area contributed by atoms with Crippen LogP contribution in [-0.4, -0.2) is 27.8 Å². The third-order valence-corrected chi connectivity index (χ3v) is 2.59. The Morgan fingerprint density at radius 3 is 2.39 bits per heavy atom. The summed E-state index contributed by atoms with van der Waals surface area (Å²) < 4.78 is 5.54. The first-order valence-corrected chi connectivity index (χ1v) is 5.70. The van der Waals surface area contributed by atoms with E-state index in [9.17, 15) is 10.2 Å². The average molecular weight is 249 g/mol. The van der Waals surface area contributed by atoms with Crippen molar-refractivity contribution in [2.45, 2.75) is 32.2 Å². The second kappa shape index (κ2) is 5.80. The fourth-order valence-electron chi connectivity index (χ4n) is 1.39. The molecule has 0 aromatic heterocycles. The van der Waals surface area contributed by atoms with Gasteiger partial charge >= 0.3 is 0 Å². The van der Waals surface area contributed by atoms with Crippen LogP contribution in [0.2, 0.25) is 0 Å². The molecule has 0 amide bonds. The second-order valence-corrected chi connectivity index (χ2v) is 4.45. The number of hydrogen-bond acceptors (Lipinski definition) is 4. The molecule has 18 heavy (non-hydrogen) atoms. The first kappa shape index (κ1) is 14.4. The Labute approximate surface area is 107 Å². The molecule has 0 fully saturated rings. The molecule has 0 saturated heterocycles. The summed E-state index contributed by atoms with van der Waals surface area (Å²) in [6.45, 7) is 6.58. The molecule has 4 nitrogen and oxygen atoms in total. The highest BCUT2D eigenvalue weighted by Gasteiger charge is 2.32. The summed E-state index contributed by atoms with van der Waals surface area (Å²) in [5.41, 5.74) is 0.825. The average Bonchev–Trinajstić information content (AvgIpc) is 2.28. The maximum absolute atomic E-state index is 9.69. The van der Waals surface area contributed by atoms with Gasteiger partial charge in [0, 0.05) is 12.1 Å². The van der Waals surface area contributed by atoms with E-state index in [0.717, 1.165) is 0 Å². The van der Waals surface area contributed by atoms with Crippen LogP contribution in [0.4, 0.5) is 0 Å². The first-order chi connectivity index (χ1) is 8.30. The molecular weight excluding hydrogens is 230 g/mol. The van der Waals surface area contributed by atoms with Gasteiger partial charge in [0.2, 0.25) is 0 Å². The van der Waals surface area contributed by atoms with Crippen molar-refractivity contribution in [2.75, 3.05) is 0 Å². The van der Waals surface area contributed by atoms with Crippen LogP contribution in [0.1, 0.15) is 20.3 Å². The van der Waals surface area contributed by atoms with Crippen molar-refractivity contribution in [1.82, 2.24) is 0 Å². The predicted molar refractivity (Wildman–Crippen MR) is 70.9 cm³/mol. The summed E-state index contributed by atoms with van der Waals surface area (Å²) in [5, 5.41) is 26.8. The number of para-hydroxylation sites is 1. The molecule has 0 bridgehead atoms. The Morgan fingerprint density at radius 2 is 1.94 bits per heavy atom. The van der Waals surface area contributed by atoms with Crippen molar-refractivity contribution in [2.24, 2.45) is 0 Å². The largest absolute Gasteiger partial charge is 0.484 e. The van der Waals surface area contributed by atoms with Crippen LogP contribution in [0.5, 0.6) is 5.75 Å². The number of aliphatic hydroxyl groups is 2. The molecule has 0 aliphatic rings. The van der Waals surface area contributed by atoms with Crippen molar-refractivity contribution < 1.29 is 14.9 Å². The van der Waals surface area contributed by atoms with Gasteiger partial charge in [0.1, 0.15) is 5.75 Å².